The second-order valence-electron chi connectivity index (χ2n) is 3.86. The Balaban J connectivity index is 2.00. The highest BCUT2D eigenvalue weighted by Crippen LogP contribution is 2.46. The molecule has 6 nitrogen and oxygen atoms in total. The Morgan fingerprint density at radius 2 is 2.38 bits per heavy atom. The highest BCUT2D eigenvalue weighted by molar-refractivity contribution is 8.00. The summed E-state index contributed by atoms with van der Waals surface area (Å²) < 4.78 is 9.93. The van der Waals surface area contributed by atoms with Crippen LogP contribution in [-0.2, 0) is 19.1 Å². The van der Waals surface area contributed by atoms with Crippen molar-refractivity contribution < 1.29 is 19.1 Å². The van der Waals surface area contributed by atoms with Crippen LogP contribution in [-0.4, -0.2) is 47.3 Å². The fourth-order valence-electron chi connectivity index (χ4n) is 2.12. The van der Waals surface area contributed by atoms with Crippen molar-refractivity contribution in [3.8, 4) is 0 Å². The van der Waals surface area contributed by atoms with E-state index in [0.717, 1.165) is 5.57 Å². The molecule has 0 bridgehead atoms. The highest BCUT2D eigenvalue weighted by atomic mass is 32.2. The van der Waals surface area contributed by atoms with Crippen LogP contribution in [0.2, 0.25) is 0 Å². The smallest absolute Gasteiger partial charge is 0.355 e. The maximum absolute atomic E-state index is 11.9. The maximum atomic E-state index is 11.9. The molecule has 0 saturated carbocycles. The molecule has 3 heterocycles. The third-order valence-electron chi connectivity index (χ3n) is 3.05. The predicted octanol–water partition coefficient (Wildman–Crippen LogP) is -0.986. The number of thioether (sulfide) groups is 1. The molecular weight excluding hydrogens is 232 g/mol. The number of nitrogens with zero attached hydrogens (tertiary/aromatic N) is 1. The summed E-state index contributed by atoms with van der Waals surface area (Å²) in [4.78, 5) is 24.7. The largest absolute Gasteiger partial charge is 0.456 e. The molecule has 0 unspecified atom stereocenters. The van der Waals surface area contributed by atoms with E-state index in [-0.39, 0.29) is 17.9 Å². The molecule has 86 valence electrons. The number of β-lactam (4-membered cyclic amide) rings is 1. The lowest BCUT2D eigenvalue weighted by Crippen LogP contribution is -2.78. The van der Waals surface area contributed by atoms with Gasteiger partial charge in [-0.2, -0.15) is 0 Å². The van der Waals surface area contributed by atoms with Crippen molar-refractivity contribution in [1.29, 1.82) is 0 Å². The molecule has 0 aromatic heterocycles. The van der Waals surface area contributed by atoms with Crippen molar-refractivity contribution >= 4 is 23.6 Å². The van der Waals surface area contributed by atoms with Crippen LogP contribution in [0, 0.1) is 0 Å². The van der Waals surface area contributed by atoms with Crippen LogP contribution in [0.3, 0.4) is 0 Å². The number of methoxy groups -OCH3 is 1. The zero-order valence-corrected chi connectivity index (χ0v) is 9.37. The lowest BCUT2D eigenvalue weighted by atomic mass is 10.0. The van der Waals surface area contributed by atoms with Gasteiger partial charge < -0.3 is 9.47 Å². The van der Waals surface area contributed by atoms with Crippen LogP contribution in [0.5, 0.6) is 0 Å². The van der Waals surface area contributed by atoms with Crippen LogP contribution >= 0.6 is 11.8 Å². The number of rotatable bonds is 1. The summed E-state index contributed by atoms with van der Waals surface area (Å²) >= 11 is 1.49. The molecule has 16 heavy (non-hydrogen) atoms. The third kappa shape index (κ3) is 0.957. The Morgan fingerprint density at radius 3 is 3.06 bits per heavy atom. The van der Waals surface area contributed by atoms with Gasteiger partial charge in [0.1, 0.15) is 17.7 Å². The predicted molar refractivity (Wildman–Crippen MR) is 55.0 cm³/mol. The number of hydrogen-bond donors (Lipinski definition) is 1. The van der Waals surface area contributed by atoms with Crippen molar-refractivity contribution in [2.45, 2.75) is 11.1 Å². The first-order chi connectivity index (χ1) is 7.59. The molecule has 3 rings (SSSR count). The van der Waals surface area contributed by atoms with Crippen LogP contribution in [0.25, 0.3) is 0 Å². The zero-order valence-electron chi connectivity index (χ0n) is 8.56. The van der Waals surface area contributed by atoms with Crippen molar-refractivity contribution in [2.75, 3.05) is 19.5 Å². The monoisotopic (exact) mass is 242 g/mol. The molecular formula is C9H10N2O4S. The first-order valence-corrected chi connectivity index (χ1v) is 5.83. The van der Waals surface area contributed by atoms with Gasteiger partial charge in [0, 0.05) is 18.4 Å². The number of carbonyl (C=O) groups excluding carboxylic acids is 2. The molecule has 1 saturated heterocycles. The van der Waals surface area contributed by atoms with Gasteiger partial charge in [-0.05, 0) is 0 Å². The Morgan fingerprint density at radius 1 is 1.62 bits per heavy atom. The fourth-order valence-corrected chi connectivity index (χ4v) is 3.50. The molecule has 1 amide bonds. The summed E-state index contributed by atoms with van der Waals surface area (Å²) in [7, 11) is 1.40. The van der Waals surface area contributed by atoms with E-state index in [1.165, 1.54) is 23.8 Å². The number of amides is 1. The van der Waals surface area contributed by atoms with Gasteiger partial charge in [0.2, 0.25) is 5.72 Å². The molecule has 0 aliphatic carbocycles. The van der Waals surface area contributed by atoms with Gasteiger partial charge in [-0.1, -0.05) is 0 Å². The van der Waals surface area contributed by atoms with Crippen LogP contribution in [0.15, 0.2) is 11.3 Å². The van der Waals surface area contributed by atoms with Crippen LogP contribution in [0.1, 0.15) is 0 Å². The van der Waals surface area contributed by atoms with E-state index in [9.17, 15) is 9.59 Å². The van der Waals surface area contributed by atoms with Crippen LogP contribution < -0.4 is 5.73 Å². The Labute approximate surface area is 95.7 Å². The summed E-state index contributed by atoms with van der Waals surface area (Å²) in [6.45, 7) is 0.280. The molecule has 3 aliphatic rings. The zero-order chi connectivity index (χ0) is 11.5. The maximum Gasteiger partial charge on any atom is 0.355 e. The average molecular weight is 242 g/mol. The number of fused-ring (bicyclic) bond motifs is 2. The fraction of sp³-hybridized carbons (Fsp3) is 0.556. The Hall–Kier alpha value is -1.05. The van der Waals surface area contributed by atoms with Crippen molar-refractivity contribution in [3.05, 3.63) is 11.3 Å². The SMILES string of the molecule is CO[C@@]1(N)C(=O)N2C3=C(COC3=O)CS[C@@H]21. The van der Waals surface area contributed by atoms with Gasteiger partial charge in [-0.15, -0.1) is 11.8 Å². The molecule has 2 atom stereocenters. The quantitative estimate of drug-likeness (QED) is 0.361. The average Bonchev–Trinajstić information content (AvgIpc) is 2.68. The number of ether oxygens (including phenoxy) is 2. The van der Waals surface area contributed by atoms with Gasteiger partial charge in [0.05, 0.1) is 0 Å². The third-order valence-corrected chi connectivity index (χ3v) is 4.45. The normalized spacial score (nSPS) is 36.9. The number of hydrogen-bond acceptors (Lipinski definition) is 6. The van der Waals surface area contributed by atoms with Crippen molar-refractivity contribution in [2.24, 2.45) is 5.73 Å². The van der Waals surface area contributed by atoms with Gasteiger partial charge in [-0.3, -0.25) is 15.4 Å². The lowest BCUT2D eigenvalue weighted by molar-refractivity contribution is -0.182. The molecule has 1 fully saturated rings. The minimum Gasteiger partial charge on any atom is -0.456 e. The van der Waals surface area contributed by atoms with Gasteiger partial charge in [0.25, 0.3) is 5.91 Å². The number of esters is 1. The number of carbonyl (C=O) groups is 2. The van der Waals surface area contributed by atoms with Gasteiger partial charge in [-0.25, -0.2) is 4.79 Å². The van der Waals surface area contributed by atoms with E-state index in [1.54, 1.807) is 0 Å². The number of nitrogens with two attached hydrogens (primary N) is 1. The summed E-state index contributed by atoms with van der Waals surface area (Å²) in [5, 5.41) is -0.325. The molecule has 0 aromatic rings. The van der Waals surface area contributed by atoms with Crippen LogP contribution in [0.4, 0.5) is 0 Å². The second-order valence-corrected chi connectivity index (χ2v) is 4.93. The topological polar surface area (TPSA) is 81.9 Å². The molecule has 0 radical (unpaired) electrons. The lowest BCUT2D eigenvalue weighted by Gasteiger charge is -2.53. The van der Waals surface area contributed by atoms with Gasteiger partial charge in [0.15, 0.2) is 0 Å². The highest BCUT2D eigenvalue weighted by Gasteiger charge is 2.64. The Kier molecular flexibility index (Phi) is 1.90. The van der Waals surface area contributed by atoms with Crippen molar-refractivity contribution in [3.63, 3.8) is 0 Å². The Bertz CT molecular complexity index is 435. The van der Waals surface area contributed by atoms with E-state index in [4.69, 9.17) is 15.2 Å². The molecule has 7 heteroatoms. The summed E-state index contributed by atoms with van der Waals surface area (Å²) in [5.74, 6) is -0.164. The molecule has 2 N–H and O–H groups in total. The van der Waals surface area contributed by atoms with E-state index in [1.807, 2.05) is 0 Å². The van der Waals surface area contributed by atoms with Gasteiger partial charge >= 0.3 is 5.97 Å². The minimum atomic E-state index is -1.30. The minimum absolute atomic E-state index is 0.280. The summed E-state index contributed by atoms with van der Waals surface area (Å²) in [5.41, 5.74) is 5.75. The first kappa shape index (κ1) is 10.1. The molecule has 0 spiro atoms. The number of cyclic esters (lactones) is 1. The molecule has 0 aromatic carbocycles. The van der Waals surface area contributed by atoms with E-state index >= 15 is 0 Å². The standard InChI is InChI=1S/C9H10N2O4S/c1-14-9(10)7(13)11-5-4(2-15-6(5)12)3-16-8(9)11/h8H,2-3,10H2,1H3/t8-,9+/m1/s1. The van der Waals surface area contributed by atoms with E-state index < -0.39 is 11.7 Å². The first-order valence-electron chi connectivity index (χ1n) is 4.78. The summed E-state index contributed by atoms with van der Waals surface area (Å²) in [6.07, 6.45) is 0. The van der Waals surface area contributed by atoms with Crippen molar-refractivity contribution in [1.82, 2.24) is 4.90 Å². The molecule has 3 aliphatic heterocycles. The second kappa shape index (κ2) is 2.99. The van der Waals surface area contributed by atoms with E-state index in [0.29, 0.717) is 11.4 Å². The van der Waals surface area contributed by atoms with E-state index in [2.05, 4.69) is 0 Å². The summed E-state index contributed by atoms with van der Waals surface area (Å²) in [6, 6.07) is 0.